The van der Waals surface area contributed by atoms with Gasteiger partial charge in [0, 0.05) is 18.0 Å². The zero-order chi connectivity index (χ0) is 13.1. The monoisotopic (exact) mass is 249 g/mol. The van der Waals surface area contributed by atoms with Gasteiger partial charge in [-0.3, -0.25) is 0 Å². The maximum Gasteiger partial charge on any atom is 0.123 e. The molecule has 0 aliphatic rings. The number of benzene rings is 1. The number of hydrogen-bond donors (Lipinski definition) is 2. The van der Waals surface area contributed by atoms with E-state index in [0.717, 1.165) is 5.76 Å². The molecule has 4 heteroatoms. The van der Waals surface area contributed by atoms with Crippen LogP contribution in [0.2, 0.25) is 0 Å². The molecule has 0 amide bonds. The largest absolute Gasteiger partial charge is 0.469 e. The highest BCUT2D eigenvalue weighted by molar-refractivity contribution is 5.26. The van der Waals surface area contributed by atoms with E-state index in [4.69, 9.17) is 10.2 Å². The van der Waals surface area contributed by atoms with E-state index >= 15 is 0 Å². The molecule has 18 heavy (non-hydrogen) atoms. The Hall–Kier alpha value is -1.65. The topological polar surface area (TPSA) is 59.4 Å². The Kier molecular flexibility index (Phi) is 3.79. The lowest BCUT2D eigenvalue weighted by molar-refractivity contribution is 0.146. The van der Waals surface area contributed by atoms with E-state index in [-0.39, 0.29) is 18.3 Å². The summed E-state index contributed by atoms with van der Waals surface area (Å²) in [7, 11) is 0. The summed E-state index contributed by atoms with van der Waals surface area (Å²) in [6.07, 6.45) is 0.705. The zero-order valence-corrected chi connectivity index (χ0v) is 10.1. The van der Waals surface area contributed by atoms with Gasteiger partial charge in [-0.1, -0.05) is 12.1 Å². The first kappa shape index (κ1) is 12.8. The molecule has 96 valence electrons. The van der Waals surface area contributed by atoms with Crippen LogP contribution in [0.25, 0.3) is 0 Å². The third-order valence-corrected chi connectivity index (χ3v) is 3.00. The van der Waals surface area contributed by atoms with Crippen molar-refractivity contribution >= 4 is 0 Å². The molecule has 3 N–H and O–H groups in total. The molecular formula is C14H16FNO2. The number of nitrogens with two attached hydrogens (primary N) is 1. The molecule has 2 aromatic rings. The second kappa shape index (κ2) is 5.33. The van der Waals surface area contributed by atoms with Crippen LogP contribution in [0.15, 0.2) is 41.0 Å². The minimum Gasteiger partial charge on any atom is -0.469 e. The highest BCUT2D eigenvalue weighted by Gasteiger charge is 2.23. The van der Waals surface area contributed by atoms with Crippen molar-refractivity contribution in [3.8, 4) is 0 Å². The van der Waals surface area contributed by atoms with Crippen molar-refractivity contribution in [2.24, 2.45) is 5.73 Å². The quantitative estimate of drug-likeness (QED) is 0.875. The number of halogens is 1. The predicted molar refractivity (Wildman–Crippen MR) is 66.6 cm³/mol. The van der Waals surface area contributed by atoms with E-state index in [2.05, 4.69) is 0 Å². The highest BCUT2D eigenvalue weighted by atomic mass is 19.1. The van der Waals surface area contributed by atoms with Crippen LogP contribution in [0.4, 0.5) is 4.39 Å². The first-order valence-corrected chi connectivity index (χ1v) is 5.80. The van der Waals surface area contributed by atoms with Crippen molar-refractivity contribution in [2.45, 2.75) is 18.9 Å². The second-order valence-corrected chi connectivity index (χ2v) is 4.33. The SMILES string of the molecule is Cc1cc(C(O)C(CN)c2cccc(F)c2)co1. The number of hydrogen-bond acceptors (Lipinski definition) is 3. The molecular weight excluding hydrogens is 233 g/mol. The van der Waals surface area contributed by atoms with Gasteiger partial charge in [0.25, 0.3) is 0 Å². The fourth-order valence-corrected chi connectivity index (χ4v) is 2.04. The third-order valence-electron chi connectivity index (χ3n) is 3.00. The van der Waals surface area contributed by atoms with Gasteiger partial charge < -0.3 is 15.3 Å². The smallest absolute Gasteiger partial charge is 0.123 e. The molecule has 0 spiro atoms. The van der Waals surface area contributed by atoms with E-state index in [0.29, 0.717) is 11.1 Å². The summed E-state index contributed by atoms with van der Waals surface area (Å²) in [5.41, 5.74) is 7.03. The summed E-state index contributed by atoms with van der Waals surface area (Å²) >= 11 is 0. The molecule has 1 aromatic carbocycles. The zero-order valence-electron chi connectivity index (χ0n) is 10.1. The van der Waals surface area contributed by atoms with Crippen LogP contribution < -0.4 is 5.73 Å². The molecule has 0 bridgehead atoms. The average Bonchev–Trinajstić information content (AvgIpc) is 2.77. The summed E-state index contributed by atoms with van der Waals surface area (Å²) in [6, 6.07) is 7.89. The van der Waals surface area contributed by atoms with Crippen molar-refractivity contribution in [2.75, 3.05) is 6.54 Å². The summed E-state index contributed by atoms with van der Waals surface area (Å²) in [4.78, 5) is 0. The van der Waals surface area contributed by atoms with Gasteiger partial charge in [-0.15, -0.1) is 0 Å². The number of aryl methyl sites for hydroxylation is 1. The Morgan fingerprint density at radius 1 is 1.33 bits per heavy atom. The van der Waals surface area contributed by atoms with Gasteiger partial charge in [0.2, 0.25) is 0 Å². The lowest BCUT2D eigenvalue weighted by atomic mass is 9.90. The third kappa shape index (κ3) is 2.60. The van der Waals surface area contributed by atoms with Gasteiger partial charge in [0.15, 0.2) is 0 Å². The van der Waals surface area contributed by atoms with Crippen LogP contribution in [-0.2, 0) is 0 Å². The maximum atomic E-state index is 13.2. The van der Waals surface area contributed by atoms with Crippen LogP contribution >= 0.6 is 0 Å². The van der Waals surface area contributed by atoms with Gasteiger partial charge in [0.05, 0.1) is 12.4 Å². The molecule has 2 unspecified atom stereocenters. The lowest BCUT2D eigenvalue weighted by Gasteiger charge is -2.20. The molecule has 0 aliphatic heterocycles. The van der Waals surface area contributed by atoms with Crippen molar-refractivity contribution < 1.29 is 13.9 Å². The molecule has 3 nitrogen and oxygen atoms in total. The lowest BCUT2D eigenvalue weighted by Crippen LogP contribution is -2.20. The Bertz CT molecular complexity index is 524. The summed E-state index contributed by atoms with van der Waals surface area (Å²) < 4.78 is 18.4. The van der Waals surface area contributed by atoms with Crippen LogP contribution in [0.1, 0.15) is 28.9 Å². The molecule has 0 saturated heterocycles. The molecule has 0 radical (unpaired) electrons. The summed E-state index contributed by atoms with van der Waals surface area (Å²) in [5.74, 6) is 0.0401. The molecule has 0 saturated carbocycles. The van der Waals surface area contributed by atoms with Gasteiger partial charge in [0.1, 0.15) is 11.6 Å². The molecule has 0 aliphatic carbocycles. The Balaban J connectivity index is 2.28. The van der Waals surface area contributed by atoms with E-state index in [9.17, 15) is 9.50 Å². The fourth-order valence-electron chi connectivity index (χ4n) is 2.04. The van der Waals surface area contributed by atoms with Gasteiger partial charge in [-0.05, 0) is 30.7 Å². The Morgan fingerprint density at radius 3 is 2.67 bits per heavy atom. The van der Waals surface area contributed by atoms with Crippen molar-refractivity contribution in [1.82, 2.24) is 0 Å². The van der Waals surface area contributed by atoms with Crippen LogP contribution in [0.3, 0.4) is 0 Å². The van der Waals surface area contributed by atoms with Gasteiger partial charge in [-0.2, -0.15) is 0 Å². The minimum absolute atomic E-state index is 0.231. The van der Waals surface area contributed by atoms with Crippen molar-refractivity contribution in [1.29, 1.82) is 0 Å². The molecule has 2 atom stereocenters. The van der Waals surface area contributed by atoms with Crippen molar-refractivity contribution in [3.05, 3.63) is 59.3 Å². The van der Waals surface area contributed by atoms with E-state index in [1.54, 1.807) is 25.1 Å². The van der Waals surface area contributed by atoms with Gasteiger partial charge in [-0.25, -0.2) is 4.39 Å². The van der Waals surface area contributed by atoms with Crippen molar-refractivity contribution in [3.63, 3.8) is 0 Å². The average molecular weight is 249 g/mol. The molecule has 2 rings (SSSR count). The first-order valence-electron chi connectivity index (χ1n) is 5.80. The van der Waals surface area contributed by atoms with Gasteiger partial charge >= 0.3 is 0 Å². The number of aliphatic hydroxyl groups is 1. The Morgan fingerprint density at radius 2 is 2.11 bits per heavy atom. The summed E-state index contributed by atoms with van der Waals surface area (Å²) in [6.45, 7) is 2.03. The number of aliphatic hydroxyl groups excluding tert-OH is 1. The van der Waals surface area contributed by atoms with E-state index in [1.165, 1.54) is 18.4 Å². The molecule has 1 aromatic heterocycles. The first-order chi connectivity index (χ1) is 8.61. The second-order valence-electron chi connectivity index (χ2n) is 4.33. The number of rotatable bonds is 4. The predicted octanol–water partition coefficient (Wildman–Crippen LogP) is 2.50. The summed E-state index contributed by atoms with van der Waals surface area (Å²) in [5, 5.41) is 10.3. The number of furan rings is 1. The standard InChI is InChI=1S/C14H16FNO2/c1-9-5-11(8-18-9)14(17)13(7-16)10-3-2-4-12(15)6-10/h2-6,8,13-14,17H,7,16H2,1H3. The highest BCUT2D eigenvalue weighted by Crippen LogP contribution is 2.31. The fraction of sp³-hybridized carbons (Fsp3) is 0.286. The molecule has 0 fully saturated rings. The Labute approximate surface area is 105 Å². The van der Waals surface area contributed by atoms with Crippen LogP contribution in [-0.4, -0.2) is 11.7 Å². The van der Waals surface area contributed by atoms with Crippen LogP contribution in [0, 0.1) is 12.7 Å². The molecule has 1 heterocycles. The van der Waals surface area contributed by atoms with E-state index < -0.39 is 6.10 Å². The van der Waals surface area contributed by atoms with Crippen LogP contribution in [0.5, 0.6) is 0 Å². The van der Waals surface area contributed by atoms with E-state index in [1.807, 2.05) is 0 Å². The normalized spacial score (nSPS) is 14.4. The maximum absolute atomic E-state index is 13.2. The minimum atomic E-state index is -0.797.